The molecule has 3 heterocycles. The Labute approximate surface area is 161 Å². The summed E-state index contributed by atoms with van der Waals surface area (Å²) in [4.78, 5) is 24.0. The molecular weight excluding hydrogens is 344 g/mol. The number of carbonyl (C=O) groups is 2. The second-order valence-electron chi connectivity index (χ2n) is 8.49. The minimum Gasteiger partial charge on any atom is -0.472 e. The van der Waals surface area contributed by atoms with Gasteiger partial charge in [0.05, 0.1) is 24.2 Å². The molecule has 0 spiro atoms. The number of hydrogen-bond acceptors (Lipinski definition) is 5. The first-order valence-electron chi connectivity index (χ1n) is 9.86. The molecule has 0 saturated carbocycles. The molecule has 3 rings (SSSR count). The molecule has 0 aliphatic carbocycles. The van der Waals surface area contributed by atoms with Crippen molar-refractivity contribution in [3.8, 4) is 0 Å². The first kappa shape index (κ1) is 19.9. The van der Waals surface area contributed by atoms with Gasteiger partial charge in [-0.05, 0) is 64.5 Å². The van der Waals surface area contributed by atoms with Gasteiger partial charge in [0.25, 0.3) is 0 Å². The van der Waals surface area contributed by atoms with Crippen LogP contribution in [-0.4, -0.2) is 29.1 Å². The number of aryl methyl sites for hydroxylation is 1. The lowest BCUT2D eigenvalue weighted by Gasteiger charge is -2.32. The Kier molecular flexibility index (Phi) is 5.89. The molecule has 0 aromatic carbocycles. The maximum atomic E-state index is 12.5. The Morgan fingerprint density at radius 3 is 2.81 bits per heavy atom. The molecule has 2 aliphatic rings. The van der Waals surface area contributed by atoms with E-state index < -0.39 is 11.2 Å². The summed E-state index contributed by atoms with van der Waals surface area (Å²) in [6.07, 6.45) is 10.9. The van der Waals surface area contributed by atoms with Crippen molar-refractivity contribution in [3.05, 3.63) is 35.8 Å². The molecule has 2 fully saturated rings. The summed E-state index contributed by atoms with van der Waals surface area (Å²) < 4.78 is 16.8. The zero-order chi connectivity index (χ0) is 19.5. The van der Waals surface area contributed by atoms with E-state index in [0.29, 0.717) is 25.7 Å². The van der Waals surface area contributed by atoms with Gasteiger partial charge in [0.15, 0.2) is 0 Å². The molecule has 0 amide bonds. The molecular formula is C22H30O5. The number of furan rings is 1. The van der Waals surface area contributed by atoms with Crippen LogP contribution in [0.1, 0.15) is 71.3 Å². The summed E-state index contributed by atoms with van der Waals surface area (Å²) in [6, 6.07) is 1.96. The van der Waals surface area contributed by atoms with Crippen LogP contribution >= 0.6 is 0 Å². The van der Waals surface area contributed by atoms with Gasteiger partial charge in [0, 0.05) is 19.3 Å². The average molecular weight is 374 g/mol. The van der Waals surface area contributed by atoms with Gasteiger partial charge in [-0.1, -0.05) is 11.6 Å². The van der Waals surface area contributed by atoms with Crippen LogP contribution in [0.15, 0.2) is 34.7 Å². The summed E-state index contributed by atoms with van der Waals surface area (Å²) in [5, 5.41) is 0. The number of Topliss-reactive ketones (excluding diaryl/α,β-unsaturated/α-hetero) is 1. The number of cyclic esters (lactones) is 1. The van der Waals surface area contributed by atoms with E-state index in [0.717, 1.165) is 31.3 Å². The van der Waals surface area contributed by atoms with Gasteiger partial charge in [0.1, 0.15) is 11.4 Å². The van der Waals surface area contributed by atoms with E-state index in [1.54, 1.807) is 12.5 Å². The van der Waals surface area contributed by atoms with Gasteiger partial charge in [-0.25, -0.2) is 0 Å². The molecule has 3 atom stereocenters. The number of allylic oxidation sites excluding steroid dienone is 2. The molecule has 5 heteroatoms. The molecule has 1 aromatic rings. The molecule has 0 bridgehead atoms. The number of ketones is 1. The molecule has 0 N–H and O–H groups in total. The Morgan fingerprint density at radius 2 is 2.15 bits per heavy atom. The third kappa shape index (κ3) is 5.10. The molecule has 1 aromatic heterocycles. The lowest BCUT2D eigenvalue weighted by Crippen LogP contribution is -2.41. The zero-order valence-electron chi connectivity index (χ0n) is 16.6. The van der Waals surface area contributed by atoms with Crippen LogP contribution in [-0.2, 0) is 25.5 Å². The van der Waals surface area contributed by atoms with E-state index in [-0.39, 0.29) is 17.9 Å². The van der Waals surface area contributed by atoms with Gasteiger partial charge in [-0.2, -0.15) is 0 Å². The van der Waals surface area contributed by atoms with Crippen molar-refractivity contribution in [1.29, 1.82) is 0 Å². The smallest absolute Gasteiger partial charge is 0.306 e. The first-order chi connectivity index (χ1) is 12.8. The summed E-state index contributed by atoms with van der Waals surface area (Å²) in [5.74, 6) is 0.0470. The Balaban J connectivity index is 1.46. The number of ether oxygens (including phenoxy) is 2. The van der Waals surface area contributed by atoms with Crippen LogP contribution in [0, 0.1) is 0 Å². The average Bonchev–Trinajstić information content (AvgIpc) is 3.29. The second-order valence-corrected chi connectivity index (χ2v) is 8.49. The van der Waals surface area contributed by atoms with Crippen LogP contribution < -0.4 is 0 Å². The molecule has 2 aliphatic heterocycles. The van der Waals surface area contributed by atoms with Crippen molar-refractivity contribution in [1.82, 2.24) is 0 Å². The topological polar surface area (TPSA) is 65.7 Å². The fraction of sp³-hybridized carbons (Fsp3) is 0.636. The van der Waals surface area contributed by atoms with Crippen LogP contribution in [0.25, 0.3) is 0 Å². The van der Waals surface area contributed by atoms with E-state index in [1.807, 2.05) is 26.8 Å². The minimum absolute atomic E-state index is 0.117. The maximum absolute atomic E-state index is 12.5. The van der Waals surface area contributed by atoms with Crippen molar-refractivity contribution in [2.45, 2.75) is 89.4 Å². The van der Waals surface area contributed by atoms with Crippen molar-refractivity contribution >= 4 is 11.8 Å². The monoisotopic (exact) mass is 374 g/mol. The minimum atomic E-state index is -0.541. The number of hydrogen-bond donors (Lipinski definition) is 0. The lowest BCUT2D eigenvalue weighted by molar-refractivity contribution is -0.166. The second kappa shape index (κ2) is 8.01. The molecule has 0 unspecified atom stereocenters. The van der Waals surface area contributed by atoms with E-state index in [2.05, 4.69) is 6.08 Å². The quantitative estimate of drug-likeness (QED) is 0.494. The number of esters is 1. The molecule has 148 valence electrons. The van der Waals surface area contributed by atoms with Crippen molar-refractivity contribution in [2.24, 2.45) is 0 Å². The normalized spacial score (nSPS) is 31.3. The molecule has 5 nitrogen and oxygen atoms in total. The first-order valence-corrected chi connectivity index (χ1v) is 9.86. The highest BCUT2D eigenvalue weighted by Crippen LogP contribution is 2.43. The third-order valence-electron chi connectivity index (χ3n) is 5.77. The summed E-state index contributed by atoms with van der Waals surface area (Å²) >= 11 is 0. The van der Waals surface area contributed by atoms with Gasteiger partial charge >= 0.3 is 5.97 Å². The SMILES string of the molecule is CC(=CCCc1ccoc1)CC(=O)C[C@@]1(C)CC[C@H]([C@]2(C)CCC(=O)O2)O1. The van der Waals surface area contributed by atoms with Crippen molar-refractivity contribution < 1.29 is 23.5 Å². The zero-order valence-corrected chi connectivity index (χ0v) is 16.6. The highest BCUT2D eigenvalue weighted by molar-refractivity contribution is 5.81. The Bertz CT molecular complexity index is 704. The number of rotatable bonds is 8. The van der Waals surface area contributed by atoms with Crippen LogP contribution in [0.3, 0.4) is 0 Å². The van der Waals surface area contributed by atoms with Crippen molar-refractivity contribution in [2.75, 3.05) is 0 Å². The van der Waals surface area contributed by atoms with E-state index in [1.165, 1.54) is 5.56 Å². The molecule has 0 radical (unpaired) electrons. The van der Waals surface area contributed by atoms with Crippen molar-refractivity contribution in [3.63, 3.8) is 0 Å². The van der Waals surface area contributed by atoms with Gasteiger partial charge in [-0.3, -0.25) is 9.59 Å². The maximum Gasteiger partial charge on any atom is 0.306 e. The van der Waals surface area contributed by atoms with Crippen LogP contribution in [0.5, 0.6) is 0 Å². The number of carbonyl (C=O) groups excluding carboxylic acids is 2. The van der Waals surface area contributed by atoms with E-state index in [9.17, 15) is 9.59 Å². The molecule has 2 saturated heterocycles. The standard InChI is InChI=1S/C22H30O5/c1-16(5-4-6-17-9-12-25-15-17)13-18(23)14-21(2)10-7-19(26-21)22(3)11-8-20(24)27-22/h5,9,12,15,19H,4,6-8,10-11,13-14H2,1-3H3/t19-,21-,22+/m1/s1. The van der Waals surface area contributed by atoms with Gasteiger partial charge < -0.3 is 13.9 Å². The fourth-order valence-electron chi connectivity index (χ4n) is 4.18. The summed E-state index contributed by atoms with van der Waals surface area (Å²) in [7, 11) is 0. The third-order valence-corrected chi connectivity index (χ3v) is 5.77. The van der Waals surface area contributed by atoms with Crippen LogP contribution in [0.2, 0.25) is 0 Å². The highest BCUT2D eigenvalue weighted by Gasteiger charge is 2.50. The molecule has 27 heavy (non-hydrogen) atoms. The van der Waals surface area contributed by atoms with Gasteiger partial charge in [-0.15, -0.1) is 0 Å². The highest BCUT2D eigenvalue weighted by atomic mass is 16.6. The fourth-order valence-corrected chi connectivity index (χ4v) is 4.18. The predicted molar refractivity (Wildman–Crippen MR) is 101 cm³/mol. The van der Waals surface area contributed by atoms with Crippen LogP contribution in [0.4, 0.5) is 0 Å². The van der Waals surface area contributed by atoms with Gasteiger partial charge in [0.2, 0.25) is 0 Å². The largest absolute Gasteiger partial charge is 0.472 e. The van der Waals surface area contributed by atoms with E-state index >= 15 is 0 Å². The predicted octanol–water partition coefficient (Wildman–Crippen LogP) is 4.54. The van der Waals surface area contributed by atoms with E-state index in [4.69, 9.17) is 13.9 Å². The lowest BCUT2D eigenvalue weighted by atomic mass is 9.90. The Hall–Kier alpha value is -1.88. The summed E-state index contributed by atoms with van der Waals surface area (Å²) in [6.45, 7) is 5.96. The Morgan fingerprint density at radius 1 is 1.33 bits per heavy atom. The summed E-state index contributed by atoms with van der Waals surface area (Å²) in [5.41, 5.74) is 1.26.